The van der Waals surface area contributed by atoms with E-state index in [1.807, 2.05) is 0 Å². The molecule has 2 N–H and O–H groups in total. The summed E-state index contributed by atoms with van der Waals surface area (Å²) in [5.41, 5.74) is 1.22. The Morgan fingerprint density at radius 3 is 1.95 bits per heavy atom. The average Bonchev–Trinajstić information content (AvgIpc) is 2.99. The second-order valence-electron chi connectivity index (χ2n) is 9.49. The molecule has 0 radical (unpaired) electrons. The van der Waals surface area contributed by atoms with Gasteiger partial charge in [0.15, 0.2) is 0 Å². The number of aliphatic carboxylic acids is 1. The van der Waals surface area contributed by atoms with Crippen molar-refractivity contribution in [2.24, 2.45) is 0 Å². The van der Waals surface area contributed by atoms with E-state index in [1.54, 1.807) is 54.6 Å². The van der Waals surface area contributed by atoms with Crippen molar-refractivity contribution < 1.29 is 38.4 Å². The maximum atomic E-state index is 12.8. The van der Waals surface area contributed by atoms with E-state index in [2.05, 4.69) is 12.2 Å². The van der Waals surface area contributed by atoms with Crippen LogP contribution in [-0.2, 0) is 11.2 Å². The van der Waals surface area contributed by atoms with E-state index in [1.165, 1.54) is 45.6 Å². The van der Waals surface area contributed by atoms with Crippen molar-refractivity contribution in [3.8, 4) is 23.0 Å². The molecule has 0 aliphatic rings. The van der Waals surface area contributed by atoms with E-state index in [-0.39, 0.29) is 12.0 Å². The standard InChI is InChI=1S/C32H37NO8/c1-4-5-6-7-8-17-40-25-15-11-23(12-16-25)32(37)41-26-13-9-22(10-14-26)18-29(31(35)36)33-30(34)24-19-27(38-2)21-28(20-24)39-3/h9-16,19-21,29H,4-8,17-18H2,1-3H3,(H,33,34)(H,35,36). The molecule has 1 atom stereocenters. The van der Waals surface area contributed by atoms with Crippen molar-refractivity contribution in [3.05, 3.63) is 83.4 Å². The van der Waals surface area contributed by atoms with E-state index in [0.717, 1.165) is 12.8 Å². The third-order valence-corrected chi connectivity index (χ3v) is 6.40. The second kappa shape index (κ2) is 15.9. The molecule has 0 spiro atoms. The molecule has 41 heavy (non-hydrogen) atoms. The summed E-state index contributed by atoms with van der Waals surface area (Å²) in [4.78, 5) is 37.2. The predicted octanol–water partition coefficient (Wildman–Crippen LogP) is 5.70. The maximum Gasteiger partial charge on any atom is 0.343 e. The molecule has 9 heteroatoms. The van der Waals surface area contributed by atoms with Crippen LogP contribution in [0.2, 0.25) is 0 Å². The second-order valence-corrected chi connectivity index (χ2v) is 9.49. The molecular formula is C32H37NO8. The van der Waals surface area contributed by atoms with Crippen molar-refractivity contribution in [2.75, 3.05) is 20.8 Å². The normalized spacial score (nSPS) is 11.3. The molecule has 3 rings (SSSR count). The van der Waals surface area contributed by atoms with Crippen LogP contribution in [0.5, 0.6) is 23.0 Å². The number of carbonyl (C=O) groups is 3. The molecule has 218 valence electrons. The Kier molecular flexibility index (Phi) is 12.0. The summed E-state index contributed by atoms with van der Waals surface area (Å²) in [6, 6.07) is 16.7. The molecule has 0 fully saturated rings. The van der Waals surface area contributed by atoms with Gasteiger partial charge >= 0.3 is 11.9 Å². The van der Waals surface area contributed by atoms with E-state index >= 15 is 0 Å². The number of hydrogen-bond acceptors (Lipinski definition) is 7. The quantitative estimate of drug-likeness (QED) is 0.129. The number of rotatable bonds is 16. The first-order valence-corrected chi connectivity index (χ1v) is 13.6. The number of carbonyl (C=O) groups excluding carboxylic acids is 2. The number of benzene rings is 3. The number of esters is 1. The molecule has 0 saturated heterocycles. The lowest BCUT2D eigenvalue weighted by Gasteiger charge is -2.16. The zero-order valence-electron chi connectivity index (χ0n) is 23.7. The highest BCUT2D eigenvalue weighted by atomic mass is 16.5. The number of unbranched alkanes of at least 4 members (excludes halogenated alkanes) is 4. The fourth-order valence-corrected chi connectivity index (χ4v) is 4.06. The van der Waals surface area contributed by atoms with Gasteiger partial charge in [-0.25, -0.2) is 9.59 Å². The summed E-state index contributed by atoms with van der Waals surface area (Å²) in [5.74, 6) is -0.463. The summed E-state index contributed by atoms with van der Waals surface area (Å²) < 4.78 is 21.6. The Labute approximate surface area is 240 Å². The van der Waals surface area contributed by atoms with Gasteiger partial charge in [0.2, 0.25) is 0 Å². The smallest absolute Gasteiger partial charge is 0.343 e. The molecule has 3 aromatic rings. The van der Waals surface area contributed by atoms with E-state index < -0.39 is 23.9 Å². The Hall–Kier alpha value is -4.53. The maximum absolute atomic E-state index is 12.8. The monoisotopic (exact) mass is 563 g/mol. The summed E-state index contributed by atoms with van der Waals surface area (Å²) in [6.45, 7) is 2.82. The summed E-state index contributed by atoms with van der Waals surface area (Å²) in [7, 11) is 2.92. The Balaban J connectivity index is 1.54. The van der Waals surface area contributed by atoms with Gasteiger partial charge in [-0.2, -0.15) is 0 Å². The number of carboxylic acids is 1. The summed E-state index contributed by atoms with van der Waals surface area (Å²) >= 11 is 0. The van der Waals surface area contributed by atoms with Crippen LogP contribution in [0.3, 0.4) is 0 Å². The molecule has 9 nitrogen and oxygen atoms in total. The SMILES string of the molecule is CCCCCCCOc1ccc(C(=O)Oc2ccc(CC(NC(=O)c3cc(OC)cc(OC)c3)C(=O)O)cc2)cc1. The number of nitrogens with one attached hydrogen (secondary N) is 1. The highest BCUT2D eigenvalue weighted by Gasteiger charge is 2.22. The van der Waals surface area contributed by atoms with Gasteiger partial charge in [0, 0.05) is 18.1 Å². The molecule has 0 bridgehead atoms. The summed E-state index contributed by atoms with van der Waals surface area (Å²) in [6.07, 6.45) is 5.81. The zero-order chi connectivity index (χ0) is 29.6. The van der Waals surface area contributed by atoms with Crippen LogP contribution in [0.1, 0.15) is 65.3 Å². The van der Waals surface area contributed by atoms with Crippen LogP contribution in [0.4, 0.5) is 0 Å². The van der Waals surface area contributed by atoms with Gasteiger partial charge in [-0.1, -0.05) is 44.7 Å². The lowest BCUT2D eigenvalue weighted by atomic mass is 10.0. The van der Waals surface area contributed by atoms with Crippen LogP contribution in [-0.4, -0.2) is 49.8 Å². The lowest BCUT2D eigenvalue weighted by Crippen LogP contribution is -2.42. The predicted molar refractivity (Wildman–Crippen MR) is 154 cm³/mol. The van der Waals surface area contributed by atoms with Gasteiger partial charge in [0.1, 0.15) is 29.0 Å². The van der Waals surface area contributed by atoms with Crippen molar-refractivity contribution in [3.63, 3.8) is 0 Å². The van der Waals surface area contributed by atoms with Crippen LogP contribution in [0, 0.1) is 0 Å². The number of amides is 1. The Morgan fingerprint density at radius 2 is 1.37 bits per heavy atom. The molecular weight excluding hydrogens is 526 g/mol. The van der Waals surface area contributed by atoms with E-state index in [9.17, 15) is 19.5 Å². The Bertz CT molecular complexity index is 1270. The number of ether oxygens (including phenoxy) is 4. The minimum atomic E-state index is -1.19. The van der Waals surface area contributed by atoms with Gasteiger partial charge in [0.25, 0.3) is 5.91 Å². The number of hydrogen-bond donors (Lipinski definition) is 2. The first kappa shape index (κ1) is 31.0. The van der Waals surface area contributed by atoms with Gasteiger partial charge in [0.05, 0.1) is 26.4 Å². The van der Waals surface area contributed by atoms with Crippen LogP contribution >= 0.6 is 0 Å². The molecule has 1 unspecified atom stereocenters. The fourth-order valence-electron chi connectivity index (χ4n) is 4.06. The number of methoxy groups -OCH3 is 2. The van der Waals surface area contributed by atoms with Crippen molar-refractivity contribution in [1.82, 2.24) is 5.32 Å². The van der Waals surface area contributed by atoms with Crippen molar-refractivity contribution in [2.45, 2.75) is 51.5 Å². The minimum absolute atomic E-state index is 0.0243. The highest BCUT2D eigenvalue weighted by molar-refractivity contribution is 5.97. The topological polar surface area (TPSA) is 120 Å². The molecule has 1 amide bonds. The van der Waals surface area contributed by atoms with Gasteiger partial charge in [-0.3, -0.25) is 4.79 Å². The third kappa shape index (κ3) is 9.86. The van der Waals surface area contributed by atoms with Gasteiger partial charge in [-0.15, -0.1) is 0 Å². The molecule has 3 aromatic carbocycles. The zero-order valence-corrected chi connectivity index (χ0v) is 23.7. The number of carboxylic acid groups (broad SMARTS) is 1. The fraction of sp³-hybridized carbons (Fsp3) is 0.344. The van der Waals surface area contributed by atoms with Gasteiger partial charge in [-0.05, 0) is 60.5 Å². The summed E-state index contributed by atoms with van der Waals surface area (Å²) in [5, 5.41) is 12.2. The molecule has 0 heterocycles. The largest absolute Gasteiger partial charge is 0.497 e. The first-order chi connectivity index (χ1) is 19.8. The van der Waals surface area contributed by atoms with Crippen molar-refractivity contribution >= 4 is 17.8 Å². The Morgan fingerprint density at radius 1 is 0.756 bits per heavy atom. The van der Waals surface area contributed by atoms with Crippen LogP contribution in [0.25, 0.3) is 0 Å². The van der Waals surface area contributed by atoms with Crippen LogP contribution < -0.4 is 24.3 Å². The van der Waals surface area contributed by atoms with E-state index in [0.29, 0.717) is 40.7 Å². The lowest BCUT2D eigenvalue weighted by molar-refractivity contribution is -0.139. The molecule has 0 aromatic heterocycles. The first-order valence-electron chi connectivity index (χ1n) is 13.6. The highest BCUT2D eigenvalue weighted by Crippen LogP contribution is 2.23. The average molecular weight is 564 g/mol. The third-order valence-electron chi connectivity index (χ3n) is 6.40. The molecule has 0 saturated carbocycles. The molecule has 0 aliphatic carbocycles. The van der Waals surface area contributed by atoms with Crippen LogP contribution in [0.15, 0.2) is 66.7 Å². The minimum Gasteiger partial charge on any atom is -0.497 e. The van der Waals surface area contributed by atoms with Gasteiger partial charge < -0.3 is 29.4 Å². The van der Waals surface area contributed by atoms with E-state index in [4.69, 9.17) is 18.9 Å². The molecule has 0 aliphatic heterocycles. The van der Waals surface area contributed by atoms with Crippen molar-refractivity contribution in [1.29, 1.82) is 0 Å².